The van der Waals surface area contributed by atoms with Gasteiger partial charge in [0.15, 0.2) is 0 Å². The molecule has 0 aliphatic rings. The van der Waals surface area contributed by atoms with Crippen molar-refractivity contribution in [1.29, 1.82) is 0 Å². The molecule has 0 aromatic heterocycles. The van der Waals surface area contributed by atoms with Crippen LogP contribution < -0.4 is 10.6 Å². The van der Waals surface area contributed by atoms with Crippen LogP contribution >= 0.6 is 11.6 Å². The standard InChI is InChI=1S/C16H12ClF3N2O3/c1-25-14(23)9-3-2-4-11(7-9)21-15(24)22-13-6-5-10(17)8-12(13)16(18,19)20/h2-8H,1H3,(H2,21,22,24). The molecule has 0 atom stereocenters. The van der Waals surface area contributed by atoms with Crippen LogP contribution in [0.5, 0.6) is 0 Å². The first-order chi connectivity index (χ1) is 11.7. The van der Waals surface area contributed by atoms with Crippen molar-refractivity contribution < 1.29 is 27.5 Å². The zero-order valence-electron chi connectivity index (χ0n) is 12.8. The van der Waals surface area contributed by atoms with Crippen LogP contribution in [0.4, 0.5) is 29.3 Å². The quantitative estimate of drug-likeness (QED) is 0.761. The maximum absolute atomic E-state index is 13.0. The van der Waals surface area contributed by atoms with Gasteiger partial charge in [-0.2, -0.15) is 13.2 Å². The Bertz CT molecular complexity index is 809. The second-order valence-electron chi connectivity index (χ2n) is 4.84. The number of halogens is 4. The summed E-state index contributed by atoms with van der Waals surface area (Å²) in [6, 6.07) is 7.85. The van der Waals surface area contributed by atoms with E-state index in [4.69, 9.17) is 11.6 Å². The Morgan fingerprint density at radius 2 is 1.80 bits per heavy atom. The topological polar surface area (TPSA) is 67.4 Å². The molecular formula is C16H12ClF3N2O3. The number of methoxy groups -OCH3 is 1. The molecule has 0 aliphatic heterocycles. The molecule has 2 rings (SSSR count). The third-order valence-corrected chi connectivity index (χ3v) is 3.31. The van der Waals surface area contributed by atoms with E-state index in [1.54, 1.807) is 0 Å². The molecule has 0 saturated heterocycles. The van der Waals surface area contributed by atoms with Gasteiger partial charge in [0.2, 0.25) is 0 Å². The SMILES string of the molecule is COC(=O)c1cccc(NC(=O)Nc2ccc(Cl)cc2C(F)(F)F)c1. The molecule has 2 amide bonds. The number of amides is 2. The molecule has 2 aromatic rings. The van der Waals surface area contributed by atoms with Gasteiger partial charge in [-0.3, -0.25) is 0 Å². The van der Waals surface area contributed by atoms with Gasteiger partial charge in [0.25, 0.3) is 0 Å². The highest BCUT2D eigenvalue weighted by molar-refractivity contribution is 6.30. The number of anilines is 2. The third-order valence-electron chi connectivity index (χ3n) is 3.08. The van der Waals surface area contributed by atoms with E-state index in [1.807, 2.05) is 0 Å². The summed E-state index contributed by atoms with van der Waals surface area (Å²) in [5.74, 6) is -0.610. The second-order valence-corrected chi connectivity index (χ2v) is 5.28. The van der Waals surface area contributed by atoms with Gasteiger partial charge >= 0.3 is 18.2 Å². The van der Waals surface area contributed by atoms with Crippen molar-refractivity contribution >= 4 is 35.0 Å². The Hall–Kier alpha value is -2.74. The second kappa shape index (κ2) is 7.43. The van der Waals surface area contributed by atoms with Gasteiger partial charge < -0.3 is 15.4 Å². The van der Waals surface area contributed by atoms with Crippen LogP contribution in [-0.4, -0.2) is 19.1 Å². The summed E-state index contributed by atoms with van der Waals surface area (Å²) in [5, 5.41) is 4.35. The van der Waals surface area contributed by atoms with Crippen LogP contribution in [0.15, 0.2) is 42.5 Å². The fourth-order valence-corrected chi connectivity index (χ4v) is 2.16. The van der Waals surface area contributed by atoms with Gasteiger partial charge in [0.1, 0.15) is 0 Å². The minimum absolute atomic E-state index is 0.107. The predicted molar refractivity (Wildman–Crippen MR) is 86.9 cm³/mol. The Morgan fingerprint density at radius 1 is 1.08 bits per heavy atom. The monoisotopic (exact) mass is 372 g/mol. The molecule has 132 valence electrons. The zero-order chi connectivity index (χ0) is 18.6. The molecule has 0 unspecified atom stereocenters. The van der Waals surface area contributed by atoms with E-state index in [1.165, 1.54) is 37.4 Å². The molecule has 2 N–H and O–H groups in total. The third kappa shape index (κ3) is 4.87. The minimum Gasteiger partial charge on any atom is -0.465 e. The van der Waals surface area contributed by atoms with Crippen molar-refractivity contribution in [3.8, 4) is 0 Å². The van der Waals surface area contributed by atoms with Gasteiger partial charge in [-0.25, -0.2) is 9.59 Å². The number of alkyl halides is 3. The van der Waals surface area contributed by atoms with Crippen LogP contribution in [0.1, 0.15) is 15.9 Å². The predicted octanol–water partition coefficient (Wildman–Crippen LogP) is 4.79. The number of urea groups is 1. The Kier molecular flexibility index (Phi) is 5.53. The van der Waals surface area contributed by atoms with Crippen molar-refractivity contribution in [2.24, 2.45) is 0 Å². The highest BCUT2D eigenvalue weighted by Gasteiger charge is 2.34. The minimum atomic E-state index is -4.68. The number of benzene rings is 2. The fraction of sp³-hybridized carbons (Fsp3) is 0.125. The molecule has 5 nitrogen and oxygen atoms in total. The average Bonchev–Trinajstić information content (AvgIpc) is 2.55. The molecule has 0 saturated carbocycles. The number of carbonyl (C=O) groups excluding carboxylic acids is 2. The summed E-state index contributed by atoms with van der Waals surface area (Å²) in [5.41, 5.74) is -1.12. The summed E-state index contributed by atoms with van der Waals surface area (Å²) in [6.45, 7) is 0. The highest BCUT2D eigenvalue weighted by Crippen LogP contribution is 2.36. The average molecular weight is 373 g/mol. The highest BCUT2D eigenvalue weighted by atomic mass is 35.5. The lowest BCUT2D eigenvalue weighted by molar-refractivity contribution is -0.136. The summed E-state index contributed by atoms with van der Waals surface area (Å²) >= 11 is 5.58. The van der Waals surface area contributed by atoms with Crippen LogP contribution in [-0.2, 0) is 10.9 Å². The van der Waals surface area contributed by atoms with E-state index in [2.05, 4.69) is 15.4 Å². The van der Waals surface area contributed by atoms with E-state index in [-0.39, 0.29) is 16.3 Å². The van der Waals surface area contributed by atoms with Crippen molar-refractivity contribution in [2.45, 2.75) is 6.18 Å². The summed E-state index contributed by atoms with van der Waals surface area (Å²) in [7, 11) is 1.20. The molecule has 0 heterocycles. The number of carbonyl (C=O) groups is 2. The normalized spacial score (nSPS) is 10.9. The lowest BCUT2D eigenvalue weighted by Crippen LogP contribution is -2.22. The van der Waals surface area contributed by atoms with Crippen LogP contribution in [0.25, 0.3) is 0 Å². The number of ether oxygens (including phenoxy) is 1. The molecule has 25 heavy (non-hydrogen) atoms. The molecular weight excluding hydrogens is 361 g/mol. The van der Waals surface area contributed by atoms with Crippen molar-refractivity contribution in [3.63, 3.8) is 0 Å². The molecule has 0 radical (unpaired) electrons. The first-order valence-corrected chi connectivity index (χ1v) is 7.21. The van der Waals surface area contributed by atoms with Gasteiger partial charge in [0.05, 0.1) is 23.9 Å². The summed E-state index contributed by atoms with van der Waals surface area (Å²) in [6.07, 6.45) is -4.68. The van der Waals surface area contributed by atoms with Crippen molar-refractivity contribution in [3.05, 3.63) is 58.6 Å². The molecule has 0 bridgehead atoms. The van der Waals surface area contributed by atoms with Crippen LogP contribution in [0.2, 0.25) is 5.02 Å². The summed E-state index contributed by atoms with van der Waals surface area (Å²) < 4.78 is 43.6. The van der Waals surface area contributed by atoms with Crippen molar-refractivity contribution in [2.75, 3.05) is 17.7 Å². The van der Waals surface area contributed by atoms with Crippen LogP contribution in [0.3, 0.4) is 0 Å². The van der Waals surface area contributed by atoms with Crippen molar-refractivity contribution in [1.82, 2.24) is 0 Å². The van der Waals surface area contributed by atoms with Gasteiger partial charge in [-0.05, 0) is 36.4 Å². The molecule has 0 fully saturated rings. The van der Waals surface area contributed by atoms with Gasteiger partial charge in [-0.1, -0.05) is 17.7 Å². The smallest absolute Gasteiger partial charge is 0.418 e. The molecule has 0 aliphatic carbocycles. The molecule has 2 aromatic carbocycles. The lowest BCUT2D eigenvalue weighted by atomic mass is 10.1. The maximum Gasteiger partial charge on any atom is 0.418 e. The number of hydrogen-bond donors (Lipinski definition) is 2. The number of hydrogen-bond acceptors (Lipinski definition) is 3. The van der Waals surface area contributed by atoms with Gasteiger partial charge in [0, 0.05) is 10.7 Å². The van der Waals surface area contributed by atoms with E-state index in [9.17, 15) is 22.8 Å². The first kappa shape index (κ1) is 18.6. The van der Waals surface area contributed by atoms with E-state index < -0.39 is 29.4 Å². The van der Waals surface area contributed by atoms with Crippen LogP contribution in [0, 0.1) is 0 Å². The molecule has 9 heteroatoms. The number of esters is 1. The lowest BCUT2D eigenvalue weighted by Gasteiger charge is -2.14. The summed E-state index contributed by atoms with van der Waals surface area (Å²) in [4.78, 5) is 23.4. The van der Waals surface area contributed by atoms with E-state index in [0.29, 0.717) is 0 Å². The van der Waals surface area contributed by atoms with E-state index in [0.717, 1.165) is 12.1 Å². The molecule has 0 spiro atoms. The maximum atomic E-state index is 13.0. The fourth-order valence-electron chi connectivity index (χ4n) is 1.99. The number of nitrogens with one attached hydrogen (secondary N) is 2. The zero-order valence-corrected chi connectivity index (χ0v) is 13.5. The largest absolute Gasteiger partial charge is 0.465 e. The van der Waals surface area contributed by atoms with E-state index >= 15 is 0 Å². The Labute approximate surface area is 145 Å². The Balaban J connectivity index is 2.18. The first-order valence-electron chi connectivity index (χ1n) is 6.84. The van der Waals surface area contributed by atoms with Gasteiger partial charge in [-0.15, -0.1) is 0 Å². The number of rotatable bonds is 3. The Morgan fingerprint density at radius 3 is 2.44 bits per heavy atom.